The largest absolute Gasteiger partial charge is 0.346 e. The second-order valence-electron chi connectivity index (χ2n) is 6.89. The van der Waals surface area contributed by atoms with Crippen LogP contribution in [0.5, 0.6) is 0 Å². The van der Waals surface area contributed by atoms with Crippen molar-refractivity contribution >= 4 is 17.5 Å². The van der Waals surface area contributed by atoms with Gasteiger partial charge in [-0.05, 0) is 53.9 Å². The number of benzene rings is 2. The first-order chi connectivity index (χ1) is 15.1. The van der Waals surface area contributed by atoms with E-state index in [1.165, 1.54) is 12.1 Å². The highest BCUT2D eigenvalue weighted by Crippen LogP contribution is 2.25. The van der Waals surface area contributed by atoms with Crippen molar-refractivity contribution in [3.05, 3.63) is 94.7 Å². The fraction of sp³-hybridized carbons (Fsp3) is 0.130. The molecular formula is C23H19ClFN5O. The van der Waals surface area contributed by atoms with E-state index in [9.17, 15) is 9.18 Å². The number of halogens is 2. The minimum Gasteiger partial charge on any atom is -0.346 e. The van der Waals surface area contributed by atoms with Crippen LogP contribution in [0.2, 0.25) is 5.02 Å². The van der Waals surface area contributed by atoms with Crippen LogP contribution in [-0.2, 0) is 13.0 Å². The minimum atomic E-state index is -0.507. The molecule has 6 nitrogen and oxygen atoms in total. The standard InChI is InChI=1S/C23H19ClFN5O/c1-2-15-5-3-7-18(11-15)30-22(17-6-4-10-26-14-17)21(28-29-30)23(31)27-13-16-8-9-20(25)19(24)12-16/h3-12,14H,2,13H2,1H3,(H,27,31). The van der Waals surface area contributed by atoms with Gasteiger partial charge in [-0.2, -0.15) is 0 Å². The fourth-order valence-corrected chi connectivity index (χ4v) is 3.40. The topological polar surface area (TPSA) is 72.7 Å². The molecule has 0 radical (unpaired) electrons. The second-order valence-corrected chi connectivity index (χ2v) is 7.30. The Balaban J connectivity index is 1.69. The molecule has 2 aromatic heterocycles. The lowest BCUT2D eigenvalue weighted by Crippen LogP contribution is -2.24. The Labute approximate surface area is 183 Å². The van der Waals surface area contributed by atoms with E-state index < -0.39 is 11.7 Å². The number of pyridine rings is 1. The number of carbonyl (C=O) groups excluding carboxylic acids is 1. The van der Waals surface area contributed by atoms with Gasteiger partial charge >= 0.3 is 0 Å². The molecule has 0 aliphatic heterocycles. The summed E-state index contributed by atoms with van der Waals surface area (Å²) in [5, 5.41) is 11.2. The predicted molar refractivity (Wildman–Crippen MR) is 117 cm³/mol. The molecule has 0 aliphatic rings. The van der Waals surface area contributed by atoms with Gasteiger partial charge in [0.15, 0.2) is 5.69 Å². The first kappa shape index (κ1) is 20.7. The molecule has 0 atom stereocenters. The number of aryl methyl sites for hydroxylation is 1. The van der Waals surface area contributed by atoms with E-state index in [1.54, 1.807) is 29.2 Å². The van der Waals surface area contributed by atoms with Gasteiger partial charge in [-0.1, -0.05) is 41.9 Å². The summed E-state index contributed by atoms with van der Waals surface area (Å²) in [6.07, 6.45) is 4.20. The first-order valence-corrected chi connectivity index (χ1v) is 10.1. The molecule has 0 spiro atoms. The van der Waals surface area contributed by atoms with Crippen molar-refractivity contribution in [2.45, 2.75) is 19.9 Å². The van der Waals surface area contributed by atoms with Crippen LogP contribution < -0.4 is 5.32 Å². The van der Waals surface area contributed by atoms with Crippen molar-refractivity contribution in [3.63, 3.8) is 0 Å². The molecule has 0 unspecified atom stereocenters. The number of amides is 1. The van der Waals surface area contributed by atoms with Gasteiger partial charge in [-0.3, -0.25) is 9.78 Å². The molecule has 1 N–H and O–H groups in total. The summed E-state index contributed by atoms with van der Waals surface area (Å²) in [5.41, 5.74) is 4.04. The first-order valence-electron chi connectivity index (χ1n) is 9.74. The van der Waals surface area contributed by atoms with Gasteiger partial charge in [0.25, 0.3) is 5.91 Å². The molecule has 1 amide bonds. The average molecular weight is 436 g/mol. The molecular weight excluding hydrogens is 417 g/mol. The van der Waals surface area contributed by atoms with E-state index in [-0.39, 0.29) is 17.3 Å². The van der Waals surface area contributed by atoms with Crippen LogP contribution in [-0.4, -0.2) is 25.9 Å². The minimum absolute atomic E-state index is 0.00421. The average Bonchev–Trinajstić information content (AvgIpc) is 3.25. The van der Waals surface area contributed by atoms with Crippen LogP contribution in [0, 0.1) is 5.82 Å². The summed E-state index contributed by atoms with van der Waals surface area (Å²) >= 11 is 5.83. The number of rotatable bonds is 6. The zero-order valence-corrected chi connectivity index (χ0v) is 17.5. The Hall–Kier alpha value is -3.58. The van der Waals surface area contributed by atoms with Crippen LogP contribution in [0.1, 0.15) is 28.5 Å². The van der Waals surface area contributed by atoms with Gasteiger partial charge in [0.05, 0.1) is 10.7 Å². The molecule has 0 saturated heterocycles. The molecule has 31 heavy (non-hydrogen) atoms. The van der Waals surface area contributed by atoms with Crippen LogP contribution in [0.15, 0.2) is 67.0 Å². The van der Waals surface area contributed by atoms with Gasteiger partial charge < -0.3 is 5.32 Å². The Morgan fingerprint density at radius 1 is 1.13 bits per heavy atom. The maximum Gasteiger partial charge on any atom is 0.274 e. The summed E-state index contributed by atoms with van der Waals surface area (Å²) in [7, 11) is 0. The van der Waals surface area contributed by atoms with Gasteiger partial charge in [-0.15, -0.1) is 5.10 Å². The highest BCUT2D eigenvalue weighted by molar-refractivity contribution is 6.30. The van der Waals surface area contributed by atoms with Crippen LogP contribution in [0.4, 0.5) is 4.39 Å². The summed E-state index contributed by atoms with van der Waals surface area (Å²) < 4.78 is 15.0. The van der Waals surface area contributed by atoms with Crippen LogP contribution in [0.3, 0.4) is 0 Å². The molecule has 4 rings (SSSR count). The van der Waals surface area contributed by atoms with Crippen LogP contribution >= 0.6 is 11.6 Å². The van der Waals surface area contributed by atoms with Gasteiger partial charge in [0.1, 0.15) is 11.5 Å². The number of hydrogen-bond acceptors (Lipinski definition) is 4. The molecule has 2 heterocycles. The summed E-state index contributed by atoms with van der Waals surface area (Å²) in [6.45, 7) is 2.24. The van der Waals surface area contributed by atoms with Crippen molar-refractivity contribution in [1.82, 2.24) is 25.3 Å². The van der Waals surface area contributed by atoms with Crippen molar-refractivity contribution in [3.8, 4) is 16.9 Å². The highest BCUT2D eigenvalue weighted by Gasteiger charge is 2.22. The number of carbonyl (C=O) groups is 1. The molecule has 0 aliphatic carbocycles. The van der Waals surface area contributed by atoms with Crippen molar-refractivity contribution in [2.24, 2.45) is 0 Å². The van der Waals surface area contributed by atoms with E-state index in [0.717, 1.165) is 17.7 Å². The summed E-state index contributed by atoms with van der Waals surface area (Å²) in [6, 6.07) is 15.9. The number of nitrogens with one attached hydrogen (secondary N) is 1. The molecule has 8 heteroatoms. The quantitative estimate of drug-likeness (QED) is 0.480. The number of nitrogens with zero attached hydrogens (tertiary/aromatic N) is 4. The summed E-state index contributed by atoms with van der Waals surface area (Å²) in [4.78, 5) is 17.1. The molecule has 0 fully saturated rings. The third kappa shape index (κ3) is 4.46. The second kappa shape index (κ2) is 9.06. The fourth-order valence-electron chi connectivity index (χ4n) is 3.20. The lowest BCUT2D eigenvalue weighted by atomic mass is 10.1. The number of hydrogen-bond donors (Lipinski definition) is 1. The third-order valence-corrected chi connectivity index (χ3v) is 5.11. The Bertz CT molecular complexity index is 1230. The normalized spacial score (nSPS) is 10.8. The number of aromatic nitrogens is 4. The lowest BCUT2D eigenvalue weighted by Gasteiger charge is -2.10. The Morgan fingerprint density at radius 3 is 2.74 bits per heavy atom. The maximum atomic E-state index is 13.4. The SMILES string of the molecule is CCc1cccc(-n2nnc(C(=O)NCc3ccc(F)c(Cl)c3)c2-c2cccnc2)c1. The van der Waals surface area contributed by atoms with E-state index >= 15 is 0 Å². The monoisotopic (exact) mass is 435 g/mol. The summed E-state index contributed by atoms with van der Waals surface area (Å²) in [5.74, 6) is -0.912. The Kier molecular flexibility index (Phi) is 6.04. The third-order valence-electron chi connectivity index (χ3n) is 4.82. The maximum absolute atomic E-state index is 13.4. The van der Waals surface area contributed by atoms with E-state index in [2.05, 4.69) is 27.5 Å². The highest BCUT2D eigenvalue weighted by atomic mass is 35.5. The van der Waals surface area contributed by atoms with E-state index in [1.807, 2.05) is 30.3 Å². The van der Waals surface area contributed by atoms with Gasteiger partial charge in [0.2, 0.25) is 0 Å². The van der Waals surface area contributed by atoms with Crippen molar-refractivity contribution in [2.75, 3.05) is 0 Å². The Morgan fingerprint density at radius 2 is 2.00 bits per heavy atom. The lowest BCUT2D eigenvalue weighted by molar-refractivity contribution is 0.0946. The van der Waals surface area contributed by atoms with Crippen molar-refractivity contribution < 1.29 is 9.18 Å². The van der Waals surface area contributed by atoms with Gasteiger partial charge in [0, 0.05) is 24.5 Å². The molecule has 0 saturated carbocycles. The van der Waals surface area contributed by atoms with E-state index in [4.69, 9.17) is 11.6 Å². The molecule has 156 valence electrons. The molecule has 4 aromatic rings. The predicted octanol–water partition coefficient (Wildman–Crippen LogP) is 4.61. The zero-order chi connectivity index (χ0) is 21.8. The van der Waals surface area contributed by atoms with Gasteiger partial charge in [-0.25, -0.2) is 9.07 Å². The zero-order valence-electron chi connectivity index (χ0n) is 16.7. The molecule has 0 bridgehead atoms. The smallest absolute Gasteiger partial charge is 0.274 e. The van der Waals surface area contributed by atoms with Crippen molar-refractivity contribution in [1.29, 1.82) is 0 Å². The van der Waals surface area contributed by atoms with Crippen LogP contribution in [0.25, 0.3) is 16.9 Å². The van der Waals surface area contributed by atoms with E-state index in [0.29, 0.717) is 16.8 Å². The molecule has 2 aromatic carbocycles.